The Balaban J connectivity index is 1.39. The Morgan fingerprint density at radius 3 is 1.79 bits per heavy atom. The third-order valence-corrected chi connectivity index (χ3v) is 9.72. The van der Waals surface area contributed by atoms with Gasteiger partial charge >= 0.3 is 0 Å². The van der Waals surface area contributed by atoms with E-state index in [1.54, 1.807) is 30.7 Å². The van der Waals surface area contributed by atoms with Gasteiger partial charge in [-0.05, 0) is 50.5 Å². The smallest absolute Gasteiger partial charge is 0.177 e. The topological polar surface area (TPSA) is 172 Å². The molecule has 0 saturated carbocycles. The quantitative estimate of drug-likeness (QED) is 0.155. The van der Waals surface area contributed by atoms with E-state index in [9.17, 15) is 21.0 Å². The average molecular weight is 661 g/mol. The monoisotopic (exact) mass is 660 g/mol. The molecule has 0 bridgehead atoms. The molecule has 3 heterocycles. The summed E-state index contributed by atoms with van der Waals surface area (Å²) in [5.41, 5.74) is 4.80. The molecule has 10 aromatic rings. The Hall–Kier alpha value is -8.18. The van der Waals surface area contributed by atoms with Crippen LogP contribution in [0.25, 0.3) is 98.2 Å². The van der Waals surface area contributed by atoms with E-state index in [0.29, 0.717) is 44.2 Å². The van der Waals surface area contributed by atoms with E-state index in [2.05, 4.69) is 27.1 Å². The van der Waals surface area contributed by atoms with Crippen LogP contribution >= 0.6 is 0 Å². The molecule has 52 heavy (non-hydrogen) atoms. The first kappa shape index (κ1) is 28.8. The van der Waals surface area contributed by atoms with E-state index in [1.165, 1.54) is 0 Å². The molecule has 7 aromatic carbocycles. The minimum Gasteiger partial charge on any atom is -0.252 e. The molecule has 10 rings (SSSR count). The lowest BCUT2D eigenvalue weighted by atomic mass is 9.90. The number of aromatic nitrogens is 6. The van der Waals surface area contributed by atoms with E-state index in [1.807, 2.05) is 78.9 Å². The number of hydrogen-bond donors (Lipinski definition) is 0. The van der Waals surface area contributed by atoms with Crippen molar-refractivity contribution in [3.05, 3.63) is 120 Å². The molecule has 0 aliphatic carbocycles. The third kappa shape index (κ3) is 3.83. The van der Waals surface area contributed by atoms with Crippen molar-refractivity contribution in [1.29, 1.82) is 21.0 Å². The molecule has 10 nitrogen and oxygen atoms in total. The van der Waals surface area contributed by atoms with Crippen molar-refractivity contribution in [2.75, 3.05) is 0 Å². The second-order valence-corrected chi connectivity index (χ2v) is 12.3. The molecule has 0 spiro atoms. The molecule has 10 heteroatoms. The summed E-state index contributed by atoms with van der Waals surface area (Å²) in [6.45, 7) is 0. The number of rotatable bonds is 1. The molecule has 0 aliphatic rings. The first-order valence-electron chi connectivity index (χ1n) is 16.1. The molecule has 0 saturated heterocycles. The summed E-state index contributed by atoms with van der Waals surface area (Å²) in [6, 6.07) is 33.7. The molecule has 0 aliphatic heterocycles. The van der Waals surface area contributed by atoms with Crippen LogP contribution in [0.1, 0.15) is 22.5 Å². The van der Waals surface area contributed by atoms with Crippen molar-refractivity contribution in [2.45, 2.75) is 0 Å². The maximum Gasteiger partial charge on any atom is 0.177 e. The SMILES string of the molecule is N#Cc1cc2c(cc1C#N)c1nccnc1c1c3ccccc3c(-c3cnc4c(n3)c3nc(C#N)c(C#N)nc3c3ccc5ccccc5c34)cc21. The van der Waals surface area contributed by atoms with E-state index < -0.39 is 0 Å². The molecule has 0 unspecified atom stereocenters. The van der Waals surface area contributed by atoms with Crippen LogP contribution < -0.4 is 0 Å². The Bertz CT molecular complexity index is 3470. The summed E-state index contributed by atoms with van der Waals surface area (Å²) in [6.07, 6.45) is 5.01. The molecule has 234 valence electrons. The predicted molar refractivity (Wildman–Crippen MR) is 198 cm³/mol. The Morgan fingerprint density at radius 1 is 0.423 bits per heavy atom. The molecule has 0 atom stereocenters. The van der Waals surface area contributed by atoms with Crippen LogP contribution in [0, 0.1) is 45.3 Å². The zero-order valence-corrected chi connectivity index (χ0v) is 26.7. The Labute approximate surface area is 292 Å². The van der Waals surface area contributed by atoms with E-state index in [4.69, 9.17) is 15.0 Å². The average Bonchev–Trinajstić information content (AvgIpc) is 3.21. The highest BCUT2D eigenvalue weighted by atomic mass is 14.9. The molecule has 0 amide bonds. The largest absolute Gasteiger partial charge is 0.252 e. The number of fused-ring (bicyclic) bond motifs is 16. The molecular weight excluding hydrogens is 645 g/mol. The van der Waals surface area contributed by atoms with Gasteiger partial charge < -0.3 is 0 Å². The van der Waals surface area contributed by atoms with Gasteiger partial charge in [-0.2, -0.15) is 21.0 Å². The number of hydrogen-bond acceptors (Lipinski definition) is 10. The highest BCUT2D eigenvalue weighted by Gasteiger charge is 2.22. The van der Waals surface area contributed by atoms with E-state index in [0.717, 1.165) is 54.0 Å². The fourth-order valence-electron chi connectivity index (χ4n) is 7.51. The highest BCUT2D eigenvalue weighted by Crippen LogP contribution is 2.43. The second-order valence-electron chi connectivity index (χ2n) is 12.3. The van der Waals surface area contributed by atoms with Crippen LogP contribution in [-0.4, -0.2) is 29.9 Å². The lowest BCUT2D eigenvalue weighted by molar-refractivity contribution is 1.20. The van der Waals surface area contributed by atoms with Gasteiger partial charge in [-0.25, -0.2) is 15.0 Å². The van der Waals surface area contributed by atoms with Gasteiger partial charge in [0.15, 0.2) is 11.4 Å². The van der Waals surface area contributed by atoms with Crippen LogP contribution in [0.3, 0.4) is 0 Å². The number of nitriles is 4. The van der Waals surface area contributed by atoms with Gasteiger partial charge in [0.25, 0.3) is 0 Å². The zero-order chi connectivity index (χ0) is 35.1. The molecule has 0 radical (unpaired) electrons. The fourth-order valence-corrected chi connectivity index (χ4v) is 7.51. The maximum absolute atomic E-state index is 10.0. The normalized spacial score (nSPS) is 11.4. The molecule has 0 N–H and O–H groups in total. The summed E-state index contributed by atoms with van der Waals surface area (Å²) in [5.74, 6) is 0. The van der Waals surface area contributed by atoms with Gasteiger partial charge in [0.1, 0.15) is 40.8 Å². The number of nitrogens with zero attached hydrogens (tertiary/aromatic N) is 10. The van der Waals surface area contributed by atoms with E-state index >= 15 is 0 Å². The predicted octanol–water partition coefficient (Wildman–Crippen LogP) is 8.44. The highest BCUT2D eigenvalue weighted by molar-refractivity contribution is 6.32. The molecule has 3 aromatic heterocycles. The van der Waals surface area contributed by atoms with Gasteiger partial charge in [0, 0.05) is 39.5 Å². The first-order valence-corrected chi connectivity index (χ1v) is 16.1. The van der Waals surface area contributed by atoms with Crippen LogP contribution in [0.5, 0.6) is 0 Å². The summed E-state index contributed by atoms with van der Waals surface area (Å²) in [4.78, 5) is 29.1. The van der Waals surface area contributed by atoms with Crippen molar-refractivity contribution < 1.29 is 0 Å². The summed E-state index contributed by atoms with van der Waals surface area (Å²) >= 11 is 0. The standard InChI is InChI=1S/C42H16N10/c43-16-22-13-28-30-15-29(25-7-3-4-8-26(25)36(30)39-37(47-11-12-48-39)31(28)14-23(22)17-44)34-20-49-40-35-24-6-2-1-5-21(24)9-10-27(35)38-41(42(40)52-34)51-33(19-46)32(18-45)50-38/h1-15,20H. The third-order valence-electron chi connectivity index (χ3n) is 9.72. The summed E-state index contributed by atoms with van der Waals surface area (Å²) < 4.78 is 0. The fraction of sp³-hybridized carbons (Fsp3) is 0. The minimum atomic E-state index is -0.0933. The van der Waals surface area contributed by atoms with E-state index in [-0.39, 0.29) is 22.5 Å². The summed E-state index contributed by atoms with van der Waals surface area (Å²) in [7, 11) is 0. The Morgan fingerprint density at radius 2 is 1.04 bits per heavy atom. The van der Waals surface area contributed by atoms with Crippen LogP contribution in [0.4, 0.5) is 0 Å². The zero-order valence-electron chi connectivity index (χ0n) is 26.7. The van der Waals surface area contributed by atoms with Gasteiger partial charge in [-0.3, -0.25) is 15.0 Å². The van der Waals surface area contributed by atoms with Gasteiger partial charge in [0.2, 0.25) is 0 Å². The maximum atomic E-state index is 10.0. The minimum absolute atomic E-state index is 0.0630. The van der Waals surface area contributed by atoms with Crippen LogP contribution in [-0.2, 0) is 0 Å². The van der Waals surface area contributed by atoms with Crippen molar-refractivity contribution in [3.63, 3.8) is 0 Å². The van der Waals surface area contributed by atoms with Crippen molar-refractivity contribution in [1.82, 2.24) is 29.9 Å². The van der Waals surface area contributed by atoms with Crippen molar-refractivity contribution in [3.8, 4) is 35.5 Å². The van der Waals surface area contributed by atoms with Gasteiger partial charge in [0.05, 0.1) is 39.6 Å². The second kappa shape index (κ2) is 10.7. The Kier molecular flexibility index (Phi) is 5.90. The molecule has 0 fully saturated rings. The first-order chi connectivity index (χ1) is 25.6. The molecular formula is C42H16N10. The van der Waals surface area contributed by atoms with Crippen LogP contribution in [0.15, 0.2) is 97.5 Å². The summed E-state index contributed by atoms with van der Waals surface area (Å²) in [5, 5.41) is 48.1. The lowest BCUT2D eigenvalue weighted by Crippen LogP contribution is -2.00. The lowest BCUT2D eigenvalue weighted by Gasteiger charge is -2.16. The van der Waals surface area contributed by atoms with Crippen molar-refractivity contribution >= 4 is 87.0 Å². The van der Waals surface area contributed by atoms with Gasteiger partial charge in [-0.15, -0.1) is 0 Å². The van der Waals surface area contributed by atoms with Gasteiger partial charge in [-0.1, -0.05) is 60.7 Å². The van der Waals surface area contributed by atoms with Crippen molar-refractivity contribution in [2.24, 2.45) is 0 Å². The number of benzene rings is 7. The van der Waals surface area contributed by atoms with Crippen LogP contribution in [0.2, 0.25) is 0 Å².